The Hall–Kier alpha value is -3.32. The lowest BCUT2D eigenvalue weighted by molar-refractivity contribution is -0.162. The summed E-state index contributed by atoms with van der Waals surface area (Å²) in [6.45, 7) is 2.60. The molecule has 2 fully saturated rings. The molecule has 240 valence electrons. The predicted molar refractivity (Wildman–Crippen MR) is 154 cm³/mol. The number of carbonyl (C=O) groups excluding carboxylic acids is 2. The summed E-state index contributed by atoms with van der Waals surface area (Å²) in [7, 11) is 1.46. The Morgan fingerprint density at radius 2 is 2.00 bits per heavy atom. The fraction of sp³-hybridized carbons (Fsp3) is 0.633. The third-order valence-electron chi connectivity index (χ3n) is 9.34. The van der Waals surface area contributed by atoms with Crippen LogP contribution in [0, 0.1) is 11.3 Å². The van der Waals surface area contributed by atoms with Gasteiger partial charge >= 0.3 is 5.97 Å². The molecular formula is C30H38ClF2N5O6. The van der Waals surface area contributed by atoms with E-state index in [1.165, 1.54) is 7.11 Å². The predicted octanol–water partition coefficient (Wildman–Crippen LogP) is 4.42. The summed E-state index contributed by atoms with van der Waals surface area (Å²) in [5.74, 6) is -1.71. The molecule has 5 rings (SSSR count). The summed E-state index contributed by atoms with van der Waals surface area (Å²) < 4.78 is 40.3. The van der Waals surface area contributed by atoms with Gasteiger partial charge in [-0.25, -0.2) is 13.5 Å². The van der Waals surface area contributed by atoms with Crippen LogP contribution in [0.3, 0.4) is 0 Å². The molecule has 1 N–H and O–H groups in total. The summed E-state index contributed by atoms with van der Waals surface area (Å²) in [5, 5.41) is 18.4. The maximum Gasteiger partial charge on any atom is 0.310 e. The highest BCUT2D eigenvalue weighted by Gasteiger charge is 2.50. The number of carboxylic acids is 1. The van der Waals surface area contributed by atoms with Crippen LogP contribution >= 0.6 is 11.6 Å². The van der Waals surface area contributed by atoms with Gasteiger partial charge in [0.15, 0.2) is 0 Å². The van der Waals surface area contributed by atoms with Gasteiger partial charge in [-0.15, -0.1) is 5.10 Å². The second kappa shape index (κ2) is 13.4. The number of carbonyl (C=O) groups is 3. The van der Waals surface area contributed by atoms with Gasteiger partial charge in [0.1, 0.15) is 23.7 Å². The molecule has 1 aromatic carbocycles. The first-order chi connectivity index (χ1) is 21.1. The van der Waals surface area contributed by atoms with Gasteiger partial charge in [0.25, 0.3) is 6.43 Å². The Bertz CT molecular complexity index is 1410. The van der Waals surface area contributed by atoms with E-state index in [4.69, 9.17) is 21.1 Å². The molecule has 0 radical (unpaired) electrons. The molecular weight excluding hydrogens is 600 g/mol. The van der Waals surface area contributed by atoms with E-state index >= 15 is 0 Å². The molecule has 3 aliphatic rings. The lowest BCUT2D eigenvalue weighted by Crippen LogP contribution is -2.52. The van der Waals surface area contributed by atoms with Crippen LogP contribution in [0.2, 0.25) is 5.02 Å². The topological polar surface area (TPSA) is 127 Å². The van der Waals surface area contributed by atoms with Gasteiger partial charge < -0.3 is 24.4 Å². The molecule has 2 aliphatic heterocycles. The number of rotatable bonds is 11. The fourth-order valence-corrected chi connectivity index (χ4v) is 7.10. The number of halogens is 3. The molecule has 2 aromatic rings. The van der Waals surface area contributed by atoms with E-state index in [-0.39, 0.29) is 56.1 Å². The van der Waals surface area contributed by atoms with Crippen molar-refractivity contribution in [1.29, 1.82) is 0 Å². The van der Waals surface area contributed by atoms with E-state index in [0.717, 1.165) is 23.1 Å². The Morgan fingerprint density at radius 3 is 2.68 bits per heavy atom. The number of fused-ring (bicyclic) bond motifs is 1. The van der Waals surface area contributed by atoms with Crippen molar-refractivity contribution in [2.24, 2.45) is 11.3 Å². The summed E-state index contributed by atoms with van der Waals surface area (Å²) in [5.41, 5.74) is -0.278. The van der Waals surface area contributed by atoms with Crippen LogP contribution in [0.4, 0.5) is 8.78 Å². The first-order valence-corrected chi connectivity index (χ1v) is 15.4. The maximum absolute atomic E-state index is 14.3. The molecule has 11 nitrogen and oxygen atoms in total. The van der Waals surface area contributed by atoms with E-state index in [0.29, 0.717) is 55.0 Å². The first kappa shape index (κ1) is 32.1. The molecule has 0 bridgehead atoms. The van der Waals surface area contributed by atoms with Crippen molar-refractivity contribution >= 4 is 29.4 Å². The molecule has 1 unspecified atom stereocenters. The number of hydrogen-bond donors (Lipinski definition) is 1. The highest BCUT2D eigenvalue weighted by molar-refractivity contribution is 6.31. The Labute approximate surface area is 259 Å². The number of aromatic nitrogens is 3. The molecule has 44 heavy (non-hydrogen) atoms. The number of likely N-dealkylation sites (tertiary alicyclic amines) is 1. The number of alkyl halides is 2. The Morgan fingerprint density at radius 1 is 1.20 bits per heavy atom. The van der Waals surface area contributed by atoms with Gasteiger partial charge in [0.2, 0.25) is 11.8 Å². The van der Waals surface area contributed by atoms with Crippen molar-refractivity contribution in [3.05, 3.63) is 39.7 Å². The third kappa shape index (κ3) is 6.13. The molecule has 0 spiro atoms. The van der Waals surface area contributed by atoms with Crippen molar-refractivity contribution in [1.82, 2.24) is 24.8 Å². The number of amides is 2. The summed E-state index contributed by atoms with van der Waals surface area (Å²) in [6, 6.07) is 2.62. The van der Waals surface area contributed by atoms with Gasteiger partial charge in [-0.05, 0) is 50.3 Å². The van der Waals surface area contributed by atoms with Gasteiger partial charge in [0.05, 0.1) is 30.5 Å². The van der Waals surface area contributed by atoms with E-state index < -0.39 is 29.8 Å². The van der Waals surface area contributed by atoms with Crippen LogP contribution in [0.1, 0.15) is 80.4 Å². The van der Waals surface area contributed by atoms with E-state index in [1.807, 2.05) is 0 Å². The fourth-order valence-electron chi connectivity index (χ4n) is 6.84. The van der Waals surface area contributed by atoms with Crippen molar-refractivity contribution in [3.8, 4) is 5.75 Å². The minimum Gasteiger partial charge on any atom is -0.487 e. The van der Waals surface area contributed by atoms with Crippen molar-refractivity contribution in [2.75, 3.05) is 33.4 Å². The van der Waals surface area contributed by atoms with Crippen LogP contribution in [0.25, 0.3) is 0 Å². The SMILES string of the molecule is COCCn1nnc(COc2ccc(Cl)c3c2[C@@H](CN2CCCC2=O)N(C(=O)C2CCCC[C@@]2(C)C(=O)O)CC3)c1C(F)F. The Kier molecular flexibility index (Phi) is 9.74. The highest BCUT2D eigenvalue weighted by Crippen LogP contribution is 2.46. The zero-order valence-electron chi connectivity index (χ0n) is 24.9. The minimum atomic E-state index is -2.85. The monoisotopic (exact) mass is 637 g/mol. The molecule has 2 amide bonds. The average Bonchev–Trinajstić information content (AvgIpc) is 3.61. The molecule has 1 saturated carbocycles. The normalized spacial score (nSPS) is 23.7. The number of benzene rings is 1. The number of nitrogens with zero attached hydrogens (tertiary/aromatic N) is 5. The van der Waals surface area contributed by atoms with Gasteiger partial charge in [-0.2, -0.15) is 0 Å². The third-order valence-corrected chi connectivity index (χ3v) is 9.69. The van der Waals surface area contributed by atoms with Crippen molar-refractivity contribution in [2.45, 2.75) is 77.5 Å². The number of hydrogen-bond acceptors (Lipinski definition) is 7. The summed E-state index contributed by atoms with van der Waals surface area (Å²) in [6.07, 6.45) is 0.961. The molecule has 1 aliphatic carbocycles. The maximum atomic E-state index is 14.3. The molecule has 3 atom stereocenters. The summed E-state index contributed by atoms with van der Waals surface area (Å²) >= 11 is 6.67. The number of carboxylic acid groups (broad SMARTS) is 1. The zero-order valence-corrected chi connectivity index (χ0v) is 25.7. The standard InChI is InChI=1S/C30H38ClF2N5O6/c1-30(29(41)42)11-4-3-6-19(30)28(40)37-13-10-18-20(31)8-9-23(25(18)22(37)16-36-12-5-7-24(36)39)44-17-21-26(27(32)33)38(35-34-21)14-15-43-2/h8-9,19,22,27H,3-7,10-17H2,1-2H3,(H,41,42)/t19?,22-,30-/m1/s1. The van der Waals surface area contributed by atoms with E-state index in [2.05, 4.69) is 10.3 Å². The second-order valence-corrected chi connectivity index (χ2v) is 12.3. The lowest BCUT2D eigenvalue weighted by atomic mass is 9.66. The zero-order chi connectivity index (χ0) is 31.6. The molecule has 14 heteroatoms. The van der Waals surface area contributed by atoms with Crippen LogP contribution < -0.4 is 4.74 Å². The number of aliphatic carboxylic acids is 1. The second-order valence-electron chi connectivity index (χ2n) is 11.9. The first-order valence-electron chi connectivity index (χ1n) is 15.0. The molecule has 1 saturated heterocycles. The van der Waals surface area contributed by atoms with Gasteiger partial charge in [0, 0.05) is 43.8 Å². The Balaban J connectivity index is 1.51. The van der Waals surface area contributed by atoms with E-state index in [9.17, 15) is 28.3 Å². The summed E-state index contributed by atoms with van der Waals surface area (Å²) in [4.78, 5) is 42.8. The van der Waals surface area contributed by atoms with Crippen LogP contribution in [-0.4, -0.2) is 81.0 Å². The lowest BCUT2D eigenvalue weighted by Gasteiger charge is -2.45. The largest absolute Gasteiger partial charge is 0.487 e. The van der Waals surface area contributed by atoms with Crippen molar-refractivity contribution < 1.29 is 37.7 Å². The van der Waals surface area contributed by atoms with Crippen LogP contribution in [0.5, 0.6) is 5.75 Å². The smallest absolute Gasteiger partial charge is 0.310 e. The van der Waals surface area contributed by atoms with Crippen LogP contribution in [-0.2, 0) is 38.7 Å². The van der Waals surface area contributed by atoms with Crippen molar-refractivity contribution in [3.63, 3.8) is 0 Å². The minimum absolute atomic E-state index is 0.0312. The number of ether oxygens (including phenoxy) is 2. The van der Waals surface area contributed by atoms with Gasteiger partial charge in [-0.3, -0.25) is 14.4 Å². The quantitative estimate of drug-likeness (QED) is 0.384. The molecule has 1 aromatic heterocycles. The average molecular weight is 638 g/mol. The highest BCUT2D eigenvalue weighted by atomic mass is 35.5. The van der Waals surface area contributed by atoms with E-state index in [1.54, 1.807) is 28.9 Å². The van der Waals surface area contributed by atoms with Crippen LogP contribution in [0.15, 0.2) is 12.1 Å². The number of methoxy groups -OCH3 is 1. The van der Waals surface area contributed by atoms with Gasteiger partial charge in [-0.1, -0.05) is 29.7 Å². The molecule has 3 heterocycles.